The molecule has 1 rings (SSSR count). The lowest BCUT2D eigenvalue weighted by molar-refractivity contribution is 0.392. The maximum absolute atomic E-state index is 4.23. The van der Waals surface area contributed by atoms with Gasteiger partial charge in [0.05, 0.1) is 0 Å². The molecule has 1 aromatic rings. The predicted molar refractivity (Wildman–Crippen MR) is 63.6 cm³/mol. The highest BCUT2D eigenvalue weighted by atomic mass is 79.9. The average Bonchev–Trinajstić information content (AvgIpc) is 2.01. The molecule has 0 amide bonds. The van der Waals surface area contributed by atoms with Crippen molar-refractivity contribution in [2.45, 2.75) is 13.0 Å². The third kappa shape index (κ3) is 4.07. The molecule has 0 saturated carbocycles. The van der Waals surface area contributed by atoms with E-state index in [1.54, 1.807) is 6.20 Å². The summed E-state index contributed by atoms with van der Waals surface area (Å²) < 4.78 is 1.05. The first kappa shape index (κ1) is 11.5. The Hall–Kier alpha value is -0.610. The van der Waals surface area contributed by atoms with E-state index in [9.17, 15) is 0 Å². The zero-order valence-electron chi connectivity index (χ0n) is 8.79. The molecule has 78 valence electrons. The quantitative estimate of drug-likeness (QED) is 0.897. The minimum Gasteiger partial charge on any atom is -0.366 e. The second-order valence-corrected chi connectivity index (χ2v) is 4.58. The fourth-order valence-corrected chi connectivity index (χ4v) is 1.66. The third-order valence-electron chi connectivity index (χ3n) is 1.76. The standard InChI is InChI=1S/C10H16BrN3/c1-8(7-14(2)3)13-10-6-9(11)4-5-12-10/h4-6,8H,7H2,1-3H3,(H,12,13)/t8-/m0/s1. The molecule has 0 saturated heterocycles. The molecule has 4 heteroatoms. The van der Waals surface area contributed by atoms with Crippen LogP contribution in [0.25, 0.3) is 0 Å². The van der Waals surface area contributed by atoms with Gasteiger partial charge in [0.1, 0.15) is 5.82 Å². The molecular weight excluding hydrogens is 242 g/mol. The first-order chi connectivity index (χ1) is 6.58. The van der Waals surface area contributed by atoms with E-state index >= 15 is 0 Å². The summed E-state index contributed by atoms with van der Waals surface area (Å²) in [5.74, 6) is 0.911. The van der Waals surface area contributed by atoms with E-state index in [1.807, 2.05) is 12.1 Å². The van der Waals surface area contributed by atoms with E-state index in [0.29, 0.717) is 6.04 Å². The van der Waals surface area contributed by atoms with Gasteiger partial charge in [-0.15, -0.1) is 0 Å². The molecule has 0 radical (unpaired) electrons. The van der Waals surface area contributed by atoms with E-state index < -0.39 is 0 Å². The van der Waals surface area contributed by atoms with Crippen molar-refractivity contribution >= 4 is 21.7 Å². The normalized spacial score (nSPS) is 12.9. The Kier molecular flexibility index (Phi) is 4.35. The lowest BCUT2D eigenvalue weighted by Gasteiger charge is -2.18. The predicted octanol–water partition coefficient (Wildman–Crippen LogP) is 2.21. The van der Waals surface area contributed by atoms with E-state index in [-0.39, 0.29) is 0 Å². The van der Waals surface area contributed by atoms with Gasteiger partial charge in [-0.3, -0.25) is 0 Å². The number of aromatic nitrogens is 1. The van der Waals surface area contributed by atoms with E-state index in [0.717, 1.165) is 16.8 Å². The van der Waals surface area contributed by atoms with Crippen LogP contribution in [-0.4, -0.2) is 36.6 Å². The molecule has 0 fully saturated rings. The van der Waals surface area contributed by atoms with Gasteiger partial charge in [0.2, 0.25) is 0 Å². The SMILES string of the molecule is C[C@@H](CN(C)C)Nc1cc(Br)ccn1. The molecule has 1 aromatic heterocycles. The Morgan fingerprint density at radius 2 is 2.29 bits per heavy atom. The van der Waals surface area contributed by atoms with Crippen LogP contribution in [0.1, 0.15) is 6.92 Å². The molecule has 14 heavy (non-hydrogen) atoms. The number of anilines is 1. The zero-order valence-corrected chi connectivity index (χ0v) is 10.4. The highest BCUT2D eigenvalue weighted by Gasteiger charge is 2.03. The van der Waals surface area contributed by atoms with Crippen LogP contribution in [0.3, 0.4) is 0 Å². The fraction of sp³-hybridized carbons (Fsp3) is 0.500. The lowest BCUT2D eigenvalue weighted by atomic mass is 10.3. The molecule has 1 atom stereocenters. The van der Waals surface area contributed by atoms with Crippen molar-refractivity contribution in [2.24, 2.45) is 0 Å². The van der Waals surface area contributed by atoms with Crippen molar-refractivity contribution in [1.29, 1.82) is 0 Å². The smallest absolute Gasteiger partial charge is 0.127 e. The van der Waals surface area contributed by atoms with Crippen LogP contribution in [0.15, 0.2) is 22.8 Å². The number of halogens is 1. The van der Waals surface area contributed by atoms with Gasteiger partial charge in [0.15, 0.2) is 0 Å². The van der Waals surface area contributed by atoms with Crippen molar-refractivity contribution < 1.29 is 0 Å². The molecule has 0 unspecified atom stereocenters. The molecule has 1 N–H and O–H groups in total. The maximum atomic E-state index is 4.23. The molecule has 3 nitrogen and oxygen atoms in total. The molecule has 1 heterocycles. The molecule has 0 spiro atoms. The number of pyridine rings is 1. The van der Waals surface area contributed by atoms with Gasteiger partial charge in [0, 0.05) is 23.3 Å². The van der Waals surface area contributed by atoms with Crippen LogP contribution in [0.5, 0.6) is 0 Å². The van der Waals surface area contributed by atoms with Crippen LogP contribution >= 0.6 is 15.9 Å². The van der Waals surface area contributed by atoms with Gasteiger partial charge in [0.25, 0.3) is 0 Å². The fourth-order valence-electron chi connectivity index (χ4n) is 1.33. The summed E-state index contributed by atoms with van der Waals surface area (Å²) in [5, 5.41) is 3.33. The number of hydrogen-bond donors (Lipinski definition) is 1. The summed E-state index contributed by atoms with van der Waals surface area (Å²) in [6, 6.07) is 4.29. The maximum Gasteiger partial charge on any atom is 0.127 e. The second-order valence-electron chi connectivity index (χ2n) is 3.67. The Morgan fingerprint density at radius 1 is 1.57 bits per heavy atom. The van der Waals surface area contributed by atoms with E-state index in [4.69, 9.17) is 0 Å². The highest BCUT2D eigenvalue weighted by molar-refractivity contribution is 9.10. The van der Waals surface area contributed by atoms with Gasteiger partial charge < -0.3 is 10.2 Å². The topological polar surface area (TPSA) is 28.2 Å². The summed E-state index contributed by atoms with van der Waals surface area (Å²) >= 11 is 3.41. The monoisotopic (exact) mass is 257 g/mol. The van der Waals surface area contributed by atoms with E-state index in [1.165, 1.54) is 0 Å². The number of nitrogens with one attached hydrogen (secondary N) is 1. The minimum atomic E-state index is 0.395. The van der Waals surface area contributed by atoms with Crippen molar-refractivity contribution in [1.82, 2.24) is 9.88 Å². The first-order valence-electron chi connectivity index (χ1n) is 4.61. The molecule has 0 aliphatic heterocycles. The number of rotatable bonds is 4. The number of nitrogens with zero attached hydrogens (tertiary/aromatic N) is 2. The van der Waals surface area contributed by atoms with Crippen LogP contribution < -0.4 is 5.32 Å². The molecule has 0 bridgehead atoms. The Bertz CT molecular complexity index is 288. The van der Waals surface area contributed by atoms with Crippen molar-refractivity contribution in [3.05, 3.63) is 22.8 Å². The molecule has 0 aliphatic rings. The molecular formula is C10H16BrN3. The van der Waals surface area contributed by atoms with Crippen molar-refractivity contribution in [3.63, 3.8) is 0 Å². The van der Waals surface area contributed by atoms with Gasteiger partial charge in [-0.1, -0.05) is 15.9 Å². The van der Waals surface area contributed by atoms with Crippen molar-refractivity contribution in [3.8, 4) is 0 Å². The highest BCUT2D eigenvalue weighted by Crippen LogP contribution is 2.13. The molecule has 0 aromatic carbocycles. The summed E-state index contributed by atoms with van der Waals surface area (Å²) in [7, 11) is 4.12. The summed E-state index contributed by atoms with van der Waals surface area (Å²) in [6.45, 7) is 3.14. The molecule has 0 aliphatic carbocycles. The van der Waals surface area contributed by atoms with E-state index in [2.05, 4.69) is 52.1 Å². The van der Waals surface area contributed by atoms with Gasteiger partial charge >= 0.3 is 0 Å². The average molecular weight is 258 g/mol. The van der Waals surface area contributed by atoms with Gasteiger partial charge in [-0.25, -0.2) is 4.98 Å². The zero-order chi connectivity index (χ0) is 10.6. The van der Waals surface area contributed by atoms with Crippen molar-refractivity contribution in [2.75, 3.05) is 26.0 Å². The number of hydrogen-bond acceptors (Lipinski definition) is 3. The first-order valence-corrected chi connectivity index (χ1v) is 5.40. The number of likely N-dealkylation sites (N-methyl/N-ethyl adjacent to an activating group) is 1. The minimum absolute atomic E-state index is 0.395. The summed E-state index contributed by atoms with van der Waals surface area (Å²) in [5.41, 5.74) is 0. The third-order valence-corrected chi connectivity index (χ3v) is 2.25. The summed E-state index contributed by atoms with van der Waals surface area (Å²) in [6.07, 6.45) is 1.79. The lowest BCUT2D eigenvalue weighted by Crippen LogP contribution is -2.29. The Labute approximate surface area is 93.7 Å². The Morgan fingerprint density at radius 3 is 2.86 bits per heavy atom. The second kappa shape index (κ2) is 5.32. The van der Waals surface area contributed by atoms with Crippen LogP contribution in [-0.2, 0) is 0 Å². The van der Waals surface area contributed by atoms with Crippen LogP contribution in [0.4, 0.5) is 5.82 Å². The van der Waals surface area contributed by atoms with Gasteiger partial charge in [-0.2, -0.15) is 0 Å². The van der Waals surface area contributed by atoms with Crippen LogP contribution in [0.2, 0.25) is 0 Å². The van der Waals surface area contributed by atoms with Crippen LogP contribution in [0, 0.1) is 0 Å². The summed E-state index contributed by atoms with van der Waals surface area (Å²) in [4.78, 5) is 6.38. The Balaban J connectivity index is 2.51. The van der Waals surface area contributed by atoms with Gasteiger partial charge in [-0.05, 0) is 33.2 Å². The largest absolute Gasteiger partial charge is 0.366 e.